The number of ketones is 1. The molecule has 16 heavy (non-hydrogen) atoms. The molecular formula is C12H15NO3. The summed E-state index contributed by atoms with van der Waals surface area (Å²) >= 11 is 0. The summed E-state index contributed by atoms with van der Waals surface area (Å²) in [6.07, 6.45) is 0.381. The fourth-order valence-corrected chi connectivity index (χ4v) is 1.35. The zero-order chi connectivity index (χ0) is 12.1. The van der Waals surface area contributed by atoms with Crippen LogP contribution in [0.3, 0.4) is 0 Å². The second kappa shape index (κ2) is 5.30. The lowest BCUT2D eigenvalue weighted by atomic mass is 10.0. The molecule has 0 heterocycles. The Morgan fingerprint density at radius 2 is 1.81 bits per heavy atom. The van der Waals surface area contributed by atoms with E-state index in [4.69, 9.17) is 10.5 Å². The Balaban J connectivity index is 3.07. The van der Waals surface area contributed by atoms with Crippen molar-refractivity contribution < 1.29 is 14.3 Å². The van der Waals surface area contributed by atoms with Crippen LogP contribution in [0.15, 0.2) is 18.2 Å². The first-order valence-corrected chi connectivity index (χ1v) is 5.19. The summed E-state index contributed by atoms with van der Waals surface area (Å²) in [6, 6.07) is 4.58. The van der Waals surface area contributed by atoms with Crippen LogP contribution >= 0.6 is 0 Å². The minimum absolute atomic E-state index is 0.0437. The number of nitrogen functional groups attached to an aromatic ring is 1. The lowest BCUT2D eigenvalue weighted by Gasteiger charge is -2.05. The minimum atomic E-state index is -0.458. The predicted octanol–water partition coefficient (Wildman–Crippen LogP) is 2.04. The van der Waals surface area contributed by atoms with Gasteiger partial charge in [-0.1, -0.05) is 6.92 Å². The van der Waals surface area contributed by atoms with Gasteiger partial charge in [0.2, 0.25) is 0 Å². The van der Waals surface area contributed by atoms with Crippen molar-refractivity contribution in [1.82, 2.24) is 0 Å². The zero-order valence-electron chi connectivity index (χ0n) is 9.45. The summed E-state index contributed by atoms with van der Waals surface area (Å²) < 4.78 is 4.85. The lowest BCUT2D eigenvalue weighted by Crippen LogP contribution is -2.08. The predicted molar refractivity (Wildman–Crippen MR) is 61.4 cm³/mol. The highest BCUT2D eigenvalue weighted by molar-refractivity contribution is 6.00. The number of rotatable bonds is 4. The summed E-state index contributed by atoms with van der Waals surface area (Å²) in [7, 11) is 0. The first-order chi connectivity index (χ1) is 7.58. The number of carbonyl (C=O) groups is 2. The number of carbonyl (C=O) groups excluding carboxylic acids is 2. The molecule has 0 fully saturated rings. The van der Waals surface area contributed by atoms with Crippen molar-refractivity contribution in [1.29, 1.82) is 0 Å². The highest BCUT2D eigenvalue weighted by Crippen LogP contribution is 2.14. The van der Waals surface area contributed by atoms with E-state index in [9.17, 15) is 9.59 Å². The van der Waals surface area contributed by atoms with Gasteiger partial charge in [-0.25, -0.2) is 4.79 Å². The molecule has 0 saturated heterocycles. The Kier molecular flexibility index (Phi) is 4.05. The lowest BCUT2D eigenvalue weighted by molar-refractivity contribution is 0.0526. The van der Waals surface area contributed by atoms with Gasteiger partial charge in [-0.2, -0.15) is 0 Å². The van der Waals surface area contributed by atoms with Gasteiger partial charge in [0, 0.05) is 17.7 Å². The van der Waals surface area contributed by atoms with Crippen LogP contribution in [-0.2, 0) is 4.74 Å². The second-order valence-corrected chi connectivity index (χ2v) is 3.34. The molecule has 2 N–H and O–H groups in total. The van der Waals surface area contributed by atoms with Crippen LogP contribution in [0.25, 0.3) is 0 Å². The van der Waals surface area contributed by atoms with Crippen molar-refractivity contribution in [2.45, 2.75) is 20.3 Å². The third-order valence-electron chi connectivity index (χ3n) is 2.11. The Morgan fingerprint density at radius 3 is 2.38 bits per heavy atom. The molecule has 1 aromatic carbocycles. The number of hydrogen-bond donors (Lipinski definition) is 1. The van der Waals surface area contributed by atoms with Crippen molar-refractivity contribution >= 4 is 17.4 Å². The maximum atomic E-state index is 11.5. The number of hydrogen-bond acceptors (Lipinski definition) is 4. The van der Waals surface area contributed by atoms with Gasteiger partial charge in [-0.15, -0.1) is 0 Å². The molecular weight excluding hydrogens is 206 g/mol. The average molecular weight is 221 g/mol. The molecule has 0 atom stereocenters. The van der Waals surface area contributed by atoms with Crippen molar-refractivity contribution in [3.05, 3.63) is 29.3 Å². The molecule has 86 valence electrons. The van der Waals surface area contributed by atoms with Crippen LogP contribution in [0, 0.1) is 0 Å². The Bertz CT molecular complexity index is 413. The van der Waals surface area contributed by atoms with Crippen molar-refractivity contribution in [2.24, 2.45) is 0 Å². The van der Waals surface area contributed by atoms with Crippen LogP contribution in [0.5, 0.6) is 0 Å². The summed E-state index contributed by atoms with van der Waals surface area (Å²) in [6.45, 7) is 3.78. The molecule has 0 unspecified atom stereocenters. The smallest absolute Gasteiger partial charge is 0.338 e. The van der Waals surface area contributed by atoms with Crippen molar-refractivity contribution in [2.75, 3.05) is 12.3 Å². The molecule has 0 aromatic heterocycles. The van der Waals surface area contributed by atoms with Crippen LogP contribution in [-0.4, -0.2) is 18.4 Å². The molecule has 0 aliphatic carbocycles. The van der Waals surface area contributed by atoms with Crippen LogP contribution in [0.2, 0.25) is 0 Å². The highest BCUT2D eigenvalue weighted by Gasteiger charge is 2.11. The van der Waals surface area contributed by atoms with Crippen LogP contribution < -0.4 is 5.73 Å². The van der Waals surface area contributed by atoms with Crippen LogP contribution in [0.4, 0.5) is 5.69 Å². The molecule has 4 nitrogen and oxygen atoms in total. The first-order valence-electron chi connectivity index (χ1n) is 5.19. The van der Waals surface area contributed by atoms with E-state index < -0.39 is 5.97 Å². The van der Waals surface area contributed by atoms with E-state index in [1.165, 1.54) is 12.1 Å². The normalized spacial score (nSPS) is 9.88. The van der Waals surface area contributed by atoms with Gasteiger partial charge in [0.25, 0.3) is 0 Å². The van der Waals surface area contributed by atoms with Gasteiger partial charge in [0.15, 0.2) is 5.78 Å². The molecule has 0 bridgehead atoms. The summed E-state index contributed by atoms with van der Waals surface area (Å²) in [5.74, 6) is -0.502. The van der Waals surface area contributed by atoms with Gasteiger partial charge in [0.1, 0.15) is 0 Å². The third kappa shape index (κ3) is 2.82. The third-order valence-corrected chi connectivity index (χ3v) is 2.11. The Hall–Kier alpha value is -1.84. The molecule has 0 saturated carbocycles. The molecule has 0 spiro atoms. The average Bonchev–Trinajstić information content (AvgIpc) is 2.27. The van der Waals surface area contributed by atoms with E-state index in [1.807, 2.05) is 0 Å². The van der Waals surface area contributed by atoms with Crippen molar-refractivity contribution in [3.8, 4) is 0 Å². The Labute approximate surface area is 94.4 Å². The van der Waals surface area contributed by atoms with E-state index in [1.54, 1.807) is 19.9 Å². The number of Topliss-reactive ketones (excluding diaryl/α,β-unsaturated/α-hetero) is 1. The topological polar surface area (TPSA) is 69.4 Å². The maximum Gasteiger partial charge on any atom is 0.338 e. The molecule has 1 aromatic rings. The standard InChI is InChI=1S/C12H15NO3/c1-3-11(14)8-5-9(7-10(13)6-8)12(15)16-4-2/h5-7H,3-4,13H2,1-2H3. The SMILES string of the molecule is CCOC(=O)c1cc(N)cc(C(=O)CC)c1. The second-order valence-electron chi connectivity index (χ2n) is 3.34. The van der Waals surface area contributed by atoms with Crippen LogP contribution in [0.1, 0.15) is 41.0 Å². The Morgan fingerprint density at radius 1 is 1.19 bits per heavy atom. The van der Waals surface area contributed by atoms with E-state index in [0.29, 0.717) is 29.8 Å². The van der Waals surface area contributed by atoms with Crippen molar-refractivity contribution in [3.63, 3.8) is 0 Å². The summed E-state index contributed by atoms with van der Waals surface area (Å²) in [5.41, 5.74) is 6.78. The number of ether oxygens (including phenoxy) is 1. The first kappa shape index (κ1) is 12.2. The minimum Gasteiger partial charge on any atom is -0.462 e. The molecule has 1 rings (SSSR count). The molecule has 0 amide bonds. The fourth-order valence-electron chi connectivity index (χ4n) is 1.35. The monoisotopic (exact) mass is 221 g/mol. The molecule has 0 aliphatic heterocycles. The maximum absolute atomic E-state index is 11.5. The molecule has 4 heteroatoms. The highest BCUT2D eigenvalue weighted by atomic mass is 16.5. The molecule has 0 aliphatic rings. The largest absolute Gasteiger partial charge is 0.462 e. The number of esters is 1. The van der Waals surface area contributed by atoms with Gasteiger partial charge in [0.05, 0.1) is 12.2 Å². The summed E-state index contributed by atoms with van der Waals surface area (Å²) in [4.78, 5) is 23.0. The van der Waals surface area contributed by atoms with E-state index in [0.717, 1.165) is 0 Å². The van der Waals surface area contributed by atoms with E-state index in [2.05, 4.69) is 0 Å². The number of nitrogens with two attached hydrogens (primary N) is 1. The van der Waals surface area contributed by atoms with E-state index in [-0.39, 0.29) is 5.78 Å². The molecule has 0 radical (unpaired) electrons. The van der Waals surface area contributed by atoms with E-state index >= 15 is 0 Å². The van der Waals surface area contributed by atoms with Gasteiger partial charge in [-0.3, -0.25) is 4.79 Å². The quantitative estimate of drug-likeness (QED) is 0.480. The van der Waals surface area contributed by atoms with Gasteiger partial charge >= 0.3 is 5.97 Å². The van der Waals surface area contributed by atoms with Gasteiger partial charge < -0.3 is 10.5 Å². The number of anilines is 1. The zero-order valence-corrected chi connectivity index (χ0v) is 9.45. The fraction of sp³-hybridized carbons (Fsp3) is 0.333. The summed E-state index contributed by atoms with van der Waals surface area (Å²) in [5, 5.41) is 0. The number of benzene rings is 1. The van der Waals surface area contributed by atoms with Gasteiger partial charge in [-0.05, 0) is 25.1 Å².